The normalized spacial score (nSPS) is 10.7. The largest absolute Gasteiger partial charge is 0.472 e. The second kappa shape index (κ2) is 6.52. The van der Waals surface area contributed by atoms with Crippen LogP contribution in [0, 0.1) is 12.7 Å². The average Bonchev–Trinajstić information content (AvgIpc) is 2.50. The summed E-state index contributed by atoms with van der Waals surface area (Å²) < 4.78 is 20.1. The van der Waals surface area contributed by atoms with E-state index in [9.17, 15) is 9.18 Å². The number of nitrogens with zero attached hydrogens (tertiary/aromatic N) is 2. The Labute approximate surface area is 123 Å². The van der Waals surface area contributed by atoms with Gasteiger partial charge in [0.15, 0.2) is 0 Å². The zero-order chi connectivity index (χ0) is 15.4. The van der Waals surface area contributed by atoms with Crippen molar-refractivity contribution >= 4 is 0 Å². The first-order chi connectivity index (χ1) is 10.1. The molecule has 1 aromatic carbocycles. The lowest BCUT2D eigenvalue weighted by Gasteiger charge is -2.14. The van der Waals surface area contributed by atoms with E-state index in [1.54, 1.807) is 23.6 Å². The Hall–Kier alpha value is -2.17. The summed E-state index contributed by atoms with van der Waals surface area (Å²) in [5.41, 5.74) is 1.25. The molecule has 0 aliphatic carbocycles. The Bertz CT molecular complexity index is 678. The highest BCUT2D eigenvalue weighted by molar-refractivity contribution is 5.24. The van der Waals surface area contributed by atoms with Gasteiger partial charge >= 0.3 is 0 Å². The summed E-state index contributed by atoms with van der Waals surface area (Å²) in [6, 6.07) is 6.06. The van der Waals surface area contributed by atoms with Gasteiger partial charge in [-0.25, -0.2) is 4.39 Å². The molecule has 5 heteroatoms. The number of hydrogen-bond acceptors (Lipinski definition) is 3. The molecule has 4 nitrogen and oxygen atoms in total. The van der Waals surface area contributed by atoms with E-state index in [0.29, 0.717) is 30.2 Å². The van der Waals surface area contributed by atoms with Crippen molar-refractivity contribution in [2.45, 2.75) is 40.3 Å². The quantitative estimate of drug-likeness (QED) is 0.850. The van der Waals surface area contributed by atoms with E-state index < -0.39 is 0 Å². The Balaban J connectivity index is 2.26. The van der Waals surface area contributed by atoms with Crippen LogP contribution in [-0.4, -0.2) is 9.55 Å². The molecule has 0 bridgehead atoms. The summed E-state index contributed by atoms with van der Waals surface area (Å²) in [7, 11) is 0. The van der Waals surface area contributed by atoms with Crippen molar-refractivity contribution in [3.63, 3.8) is 0 Å². The molecule has 0 amide bonds. The zero-order valence-electron chi connectivity index (χ0n) is 12.5. The standard InChI is InChI=1S/C16H19FN2O2/c1-4-14-18-15(11(3)16(20)19(14)5-2)21-10-12-6-8-13(17)9-7-12/h6-9H,4-5,10H2,1-3H3. The van der Waals surface area contributed by atoms with Gasteiger partial charge in [-0.1, -0.05) is 19.1 Å². The van der Waals surface area contributed by atoms with Gasteiger partial charge < -0.3 is 4.74 Å². The maximum atomic E-state index is 12.9. The predicted octanol–water partition coefficient (Wildman–Crippen LogP) is 2.85. The minimum atomic E-state index is -0.285. The van der Waals surface area contributed by atoms with Gasteiger partial charge in [-0.15, -0.1) is 0 Å². The van der Waals surface area contributed by atoms with Crippen molar-refractivity contribution in [2.24, 2.45) is 0 Å². The molecule has 0 aliphatic heterocycles. The fraction of sp³-hybridized carbons (Fsp3) is 0.375. The Morgan fingerprint density at radius 2 is 1.90 bits per heavy atom. The number of aromatic nitrogens is 2. The molecule has 1 heterocycles. The monoisotopic (exact) mass is 290 g/mol. The first-order valence-electron chi connectivity index (χ1n) is 7.04. The lowest BCUT2D eigenvalue weighted by Crippen LogP contribution is -2.27. The van der Waals surface area contributed by atoms with E-state index in [1.807, 2.05) is 13.8 Å². The lowest BCUT2D eigenvalue weighted by atomic mass is 10.2. The molecule has 21 heavy (non-hydrogen) atoms. The van der Waals surface area contributed by atoms with Crippen LogP contribution in [0.15, 0.2) is 29.1 Å². The van der Waals surface area contributed by atoms with Crippen LogP contribution in [0.25, 0.3) is 0 Å². The molecule has 0 fully saturated rings. The van der Waals surface area contributed by atoms with E-state index in [1.165, 1.54) is 12.1 Å². The van der Waals surface area contributed by atoms with Gasteiger partial charge in [-0.05, 0) is 31.5 Å². The Morgan fingerprint density at radius 1 is 1.24 bits per heavy atom. The number of benzene rings is 1. The van der Waals surface area contributed by atoms with Gasteiger partial charge in [0.2, 0.25) is 5.88 Å². The van der Waals surface area contributed by atoms with Crippen molar-refractivity contribution in [2.75, 3.05) is 0 Å². The van der Waals surface area contributed by atoms with Crippen LogP contribution in [0.3, 0.4) is 0 Å². The zero-order valence-corrected chi connectivity index (χ0v) is 12.5. The third-order valence-corrected chi connectivity index (χ3v) is 3.35. The first kappa shape index (κ1) is 15.2. The summed E-state index contributed by atoms with van der Waals surface area (Å²) in [4.78, 5) is 16.7. The Kier molecular flexibility index (Phi) is 4.73. The molecular formula is C16H19FN2O2. The highest BCUT2D eigenvalue weighted by Crippen LogP contribution is 2.14. The van der Waals surface area contributed by atoms with Crippen LogP contribution >= 0.6 is 0 Å². The Morgan fingerprint density at radius 3 is 2.48 bits per heavy atom. The molecule has 0 unspecified atom stereocenters. The maximum absolute atomic E-state index is 12.9. The molecule has 0 aliphatic rings. The van der Waals surface area contributed by atoms with Gasteiger partial charge in [0.25, 0.3) is 5.56 Å². The third kappa shape index (κ3) is 3.29. The van der Waals surface area contributed by atoms with Crippen LogP contribution in [0.2, 0.25) is 0 Å². The van der Waals surface area contributed by atoms with Crippen LogP contribution in [0.5, 0.6) is 5.88 Å². The number of rotatable bonds is 5. The van der Waals surface area contributed by atoms with Crippen LogP contribution < -0.4 is 10.3 Å². The van der Waals surface area contributed by atoms with Gasteiger partial charge in [0.1, 0.15) is 18.2 Å². The number of ether oxygens (including phenoxy) is 1. The predicted molar refractivity (Wildman–Crippen MR) is 79.0 cm³/mol. The molecule has 0 saturated heterocycles. The van der Waals surface area contributed by atoms with Crippen molar-refractivity contribution in [3.05, 3.63) is 57.4 Å². The van der Waals surface area contributed by atoms with E-state index in [2.05, 4.69) is 4.98 Å². The fourth-order valence-electron chi connectivity index (χ4n) is 2.14. The topological polar surface area (TPSA) is 44.1 Å². The van der Waals surface area contributed by atoms with Gasteiger partial charge in [0, 0.05) is 13.0 Å². The van der Waals surface area contributed by atoms with Crippen molar-refractivity contribution in [1.82, 2.24) is 9.55 Å². The van der Waals surface area contributed by atoms with Crippen LogP contribution in [-0.2, 0) is 19.6 Å². The molecular weight excluding hydrogens is 271 g/mol. The summed E-state index contributed by atoms with van der Waals surface area (Å²) in [5, 5.41) is 0. The molecule has 0 saturated carbocycles. The van der Waals surface area contributed by atoms with E-state index in [-0.39, 0.29) is 18.0 Å². The summed E-state index contributed by atoms with van der Waals surface area (Å²) >= 11 is 0. The molecule has 0 N–H and O–H groups in total. The SMILES string of the molecule is CCc1nc(OCc2ccc(F)cc2)c(C)c(=O)n1CC. The molecule has 2 aromatic rings. The van der Waals surface area contributed by atoms with E-state index >= 15 is 0 Å². The lowest BCUT2D eigenvalue weighted by molar-refractivity contribution is 0.287. The van der Waals surface area contributed by atoms with Crippen molar-refractivity contribution in [3.8, 4) is 5.88 Å². The number of hydrogen-bond donors (Lipinski definition) is 0. The second-order valence-electron chi connectivity index (χ2n) is 4.78. The minimum absolute atomic E-state index is 0.0709. The van der Waals surface area contributed by atoms with Crippen molar-refractivity contribution in [1.29, 1.82) is 0 Å². The molecule has 0 spiro atoms. The molecule has 2 rings (SSSR count). The number of aryl methyl sites for hydroxylation is 1. The van der Waals surface area contributed by atoms with Crippen molar-refractivity contribution < 1.29 is 9.13 Å². The molecule has 1 aromatic heterocycles. The summed E-state index contributed by atoms with van der Waals surface area (Å²) in [6.07, 6.45) is 0.663. The molecule has 0 radical (unpaired) electrons. The highest BCUT2D eigenvalue weighted by Gasteiger charge is 2.12. The molecule has 112 valence electrons. The fourth-order valence-corrected chi connectivity index (χ4v) is 2.14. The first-order valence-corrected chi connectivity index (χ1v) is 7.04. The smallest absolute Gasteiger partial charge is 0.260 e. The van der Waals surface area contributed by atoms with E-state index in [0.717, 1.165) is 5.56 Å². The number of halogens is 1. The highest BCUT2D eigenvalue weighted by atomic mass is 19.1. The summed E-state index contributed by atoms with van der Waals surface area (Å²) in [5.74, 6) is 0.778. The van der Waals surface area contributed by atoms with Gasteiger partial charge in [-0.2, -0.15) is 4.98 Å². The second-order valence-corrected chi connectivity index (χ2v) is 4.78. The third-order valence-electron chi connectivity index (χ3n) is 3.35. The summed E-state index contributed by atoms with van der Waals surface area (Å²) in [6.45, 7) is 6.43. The van der Waals surface area contributed by atoms with Crippen LogP contribution in [0.4, 0.5) is 4.39 Å². The van der Waals surface area contributed by atoms with Crippen LogP contribution in [0.1, 0.15) is 30.8 Å². The molecule has 0 atom stereocenters. The average molecular weight is 290 g/mol. The van der Waals surface area contributed by atoms with E-state index in [4.69, 9.17) is 4.74 Å². The van der Waals surface area contributed by atoms with Gasteiger partial charge in [0.05, 0.1) is 5.56 Å². The minimum Gasteiger partial charge on any atom is -0.472 e. The van der Waals surface area contributed by atoms with Gasteiger partial charge in [-0.3, -0.25) is 9.36 Å². The maximum Gasteiger partial charge on any atom is 0.260 e.